The van der Waals surface area contributed by atoms with Crippen LogP contribution in [-0.4, -0.2) is 21.0 Å². The first-order valence-electron chi connectivity index (χ1n) is 7.09. The number of benzene rings is 2. The van der Waals surface area contributed by atoms with Crippen LogP contribution in [0.25, 0.3) is 11.4 Å². The molecule has 0 saturated carbocycles. The summed E-state index contributed by atoms with van der Waals surface area (Å²) in [6.07, 6.45) is 0. The van der Waals surface area contributed by atoms with Gasteiger partial charge in [0.25, 0.3) is 0 Å². The molecule has 0 unspecified atom stereocenters. The van der Waals surface area contributed by atoms with Gasteiger partial charge in [-0.2, -0.15) is 4.37 Å². The van der Waals surface area contributed by atoms with E-state index >= 15 is 0 Å². The van der Waals surface area contributed by atoms with Gasteiger partial charge in [0.15, 0.2) is 10.2 Å². The monoisotopic (exact) mass is 341 g/mol. The molecule has 0 bridgehead atoms. The lowest BCUT2D eigenvalue weighted by atomic mass is 10.1. The quantitative estimate of drug-likeness (QED) is 0.705. The van der Waals surface area contributed by atoms with Gasteiger partial charge in [0, 0.05) is 11.3 Å². The van der Waals surface area contributed by atoms with Gasteiger partial charge in [-0.05, 0) is 30.6 Å². The smallest absolute Gasteiger partial charge is 0.234 e. The van der Waals surface area contributed by atoms with Crippen LogP contribution in [-0.2, 0) is 4.79 Å². The average Bonchev–Trinajstić information content (AvgIpc) is 3.04. The molecule has 0 radical (unpaired) electrons. The number of hydrogen-bond donors (Lipinski definition) is 1. The molecule has 3 aromatic rings. The summed E-state index contributed by atoms with van der Waals surface area (Å²) in [4.78, 5) is 16.4. The fourth-order valence-corrected chi connectivity index (χ4v) is 3.35. The summed E-state index contributed by atoms with van der Waals surface area (Å²) in [6.45, 7) is 2.05. The molecule has 1 aromatic heterocycles. The molecule has 0 atom stereocenters. The largest absolute Gasteiger partial charge is 0.325 e. The Kier molecular flexibility index (Phi) is 5.05. The number of hydrogen-bond acceptors (Lipinski definition) is 5. The van der Waals surface area contributed by atoms with Crippen LogP contribution in [0, 0.1) is 6.92 Å². The van der Waals surface area contributed by atoms with Crippen LogP contribution in [0.4, 0.5) is 5.69 Å². The molecular weight excluding hydrogens is 326 g/mol. The standard InChI is InChI=1S/C17H15N3OS2/c1-12-7-9-13(10-8-12)16-19-17(23-20-16)22-11-15(21)18-14-5-3-2-4-6-14/h2-10H,11H2,1H3,(H,18,21). The van der Waals surface area contributed by atoms with Gasteiger partial charge >= 0.3 is 0 Å². The van der Waals surface area contributed by atoms with Crippen molar-refractivity contribution in [2.45, 2.75) is 11.3 Å². The van der Waals surface area contributed by atoms with E-state index in [1.165, 1.54) is 28.9 Å². The molecule has 3 rings (SSSR count). The molecule has 0 saturated heterocycles. The summed E-state index contributed by atoms with van der Waals surface area (Å²) in [6, 6.07) is 17.5. The number of rotatable bonds is 5. The summed E-state index contributed by atoms with van der Waals surface area (Å²) in [5.74, 6) is 0.978. The second-order valence-electron chi connectivity index (χ2n) is 4.95. The zero-order valence-corrected chi connectivity index (χ0v) is 14.2. The van der Waals surface area contributed by atoms with Crippen molar-refractivity contribution in [2.75, 3.05) is 11.1 Å². The number of thioether (sulfide) groups is 1. The lowest BCUT2D eigenvalue weighted by molar-refractivity contribution is -0.113. The fourth-order valence-electron chi connectivity index (χ4n) is 1.93. The molecule has 1 N–H and O–H groups in total. The Morgan fingerprint density at radius 2 is 1.87 bits per heavy atom. The van der Waals surface area contributed by atoms with Crippen LogP contribution in [0.15, 0.2) is 58.9 Å². The molecule has 2 aromatic carbocycles. The van der Waals surface area contributed by atoms with Crippen molar-refractivity contribution in [1.29, 1.82) is 0 Å². The Morgan fingerprint density at radius 1 is 1.13 bits per heavy atom. The van der Waals surface area contributed by atoms with Crippen molar-refractivity contribution in [3.05, 3.63) is 60.2 Å². The third kappa shape index (κ3) is 4.40. The highest BCUT2D eigenvalue weighted by Gasteiger charge is 2.09. The number of aryl methyl sites for hydroxylation is 1. The number of nitrogens with one attached hydrogen (secondary N) is 1. The van der Waals surface area contributed by atoms with Gasteiger partial charge < -0.3 is 5.32 Å². The highest BCUT2D eigenvalue weighted by Crippen LogP contribution is 2.25. The number of nitrogens with zero attached hydrogens (tertiary/aromatic N) is 2. The van der Waals surface area contributed by atoms with Crippen molar-refractivity contribution in [1.82, 2.24) is 9.36 Å². The van der Waals surface area contributed by atoms with Gasteiger partial charge in [0.1, 0.15) is 0 Å². The molecular formula is C17H15N3OS2. The summed E-state index contributed by atoms with van der Waals surface area (Å²) in [7, 11) is 0. The van der Waals surface area contributed by atoms with E-state index in [1.54, 1.807) is 0 Å². The minimum absolute atomic E-state index is 0.0479. The number of carbonyl (C=O) groups excluding carboxylic acids is 1. The highest BCUT2D eigenvalue weighted by molar-refractivity contribution is 8.01. The van der Waals surface area contributed by atoms with Crippen molar-refractivity contribution in [3.8, 4) is 11.4 Å². The highest BCUT2D eigenvalue weighted by atomic mass is 32.2. The summed E-state index contributed by atoms with van der Waals surface area (Å²) in [5.41, 5.74) is 3.00. The van der Waals surface area contributed by atoms with Crippen LogP contribution in [0.1, 0.15) is 5.56 Å². The van der Waals surface area contributed by atoms with E-state index in [4.69, 9.17) is 0 Å². The normalized spacial score (nSPS) is 10.5. The second-order valence-corrected chi connectivity index (χ2v) is 6.93. The number of amides is 1. The predicted octanol–water partition coefficient (Wildman–Crippen LogP) is 4.24. The Hall–Kier alpha value is -2.18. The zero-order chi connectivity index (χ0) is 16.1. The molecule has 0 aliphatic carbocycles. The van der Waals surface area contributed by atoms with E-state index in [9.17, 15) is 4.79 Å². The summed E-state index contributed by atoms with van der Waals surface area (Å²) in [5, 5.41) is 2.85. The summed E-state index contributed by atoms with van der Waals surface area (Å²) >= 11 is 2.72. The SMILES string of the molecule is Cc1ccc(-c2nsc(SCC(=O)Nc3ccccc3)n2)cc1. The zero-order valence-electron chi connectivity index (χ0n) is 12.5. The molecule has 0 aliphatic heterocycles. The Balaban J connectivity index is 1.57. The topological polar surface area (TPSA) is 54.9 Å². The van der Waals surface area contributed by atoms with Gasteiger partial charge in [-0.1, -0.05) is 59.8 Å². The third-order valence-electron chi connectivity index (χ3n) is 3.10. The van der Waals surface area contributed by atoms with Gasteiger partial charge in [-0.15, -0.1) is 0 Å². The van der Waals surface area contributed by atoms with E-state index in [2.05, 4.69) is 14.7 Å². The number of aromatic nitrogens is 2. The van der Waals surface area contributed by atoms with E-state index in [0.717, 1.165) is 15.6 Å². The van der Waals surface area contributed by atoms with Crippen LogP contribution in [0.3, 0.4) is 0 Å². The Bertz CT molecular complexity index is 785. The first-order chi connectivity index (χ1) is 11.2. The molecule has 4 nitrogen and oxygen atoms in total. The maximum Gasteiger partial charge on any atom is 0.234 e. The molecule has 0 aliphatic rings. The molecule has 1 amide bonds. The first-order valence-corrected chi connectivity index (χ1v) is 8.85. The second kappa shape index (κ2) is 7.39. The van der Waals surface area contributed by atoms with Crippen LogP contribution in [0.2, 0.25) is 0 Å². The first kappa shape index (κ1) is 15.7. The maximum absolute atomic E-state index is 11.9. The Labute approximate surface area is 143 Å². The number of para-hydroxylation sites is 1. The van der Waals surface area contributed by atoms with E-state index in [0.29, 0.717) is 11.6 Å². The lowest BCUT2D eigenvalue weighted by Gasteiger charge is -2.03. The van der Waals surface area contributed by atoms with E-state index in [-0.39, 0.29) is 5.91 Å². The lowest BCUT2D eigenvalue weighted by Crippen LogP contribution is -2.13. The van der Waals surface area contributed by atoms with Gasteiger partial charge in [0.2, 0.25) is 5.91 Å². The van der Waals surface area contributed by atoms with Crippen LogP contribution in [0.5, 0.6) is 0 Å². The fraction of sp³-hybridized carbons (Fsp3) is 0.118. The van der Waals surface area contributed by atoms with Crippen molar-refractivity contribution >= 4 is 34.9 Å². The van der Waals surface area contributed by atoms with Gasteiger partial charge in [-0.3, -0.25) is 4.79 Å². The Morgan fingerprint density at radius 3 is 2.61 bits per heavy atom. The third-order valence-corrected chi connectivity index (χ3v) is 4.94. The van der Waals surface area contributed by atoms with Crippen molar-refractivity contribution in [2.24, 2.45) is 0 Å². The van der Waals surface area contributed by atoms with Gasteiger partial charge in [0.05, 0.1) is 5.75 Å². The van der Waals surface area contributed by atoms with E-state index < -0.39 is 0 Å². The molecule has 0 spiro atoms. The molecule has 116 valence electrons. The maximum atomic E-state index is 11.9. The molecule has 6 heteroatoms. The summed E-state index contributed by atoms with van der Waals surface area (Å²) < 4.78 is 5.15. The minimum atomic E-state index is -0.0479. The average molecular weight is 341 g/mol. The minimum Gasteiger partial charge on any atom is -0.325 e. The van der Waals surface area contributed by atoms with Crippen LogP contribution >= 0.6 is 23.3 Å². The molecule has 23 heavy (non-hydrogen) atoms. The number of carbonyl (C=O) groups is 1. The van der Waals surface area contributed by atoms with Crippen molar-refractivity contribution in [3.63, 3.8) is 0 Å². The van der Waals surface area contributed by atoms with Crippen molar-refractivity contribution < 1.29 is 4.79 Å². The number of anilines is 1. The van der Waals surface area contributed by atoms with Gasteiger partial charge in [-0.25, -0.2) is 4.98 Å². The molecule has 0 fully saturated rings. The van der Waals surface area contributed by atoms with E-state index in [1.807, 2.05) is 61.5 Å². The predicted molar refractivity (Wildman–Crippen MR) is 95.9 cm³/mol. The molecule has 1 heterocycles. The van der Waals surface area contributed by atoms with Crippen LogP contribution < -0.4 is 5.32 Å².